The minimum absolute atomic E-state index is 0.228. The van der Waals surface area contributed by atoms with Crippen LogP contribution in [-0.2, 0) is 13.1 Å². The lowest BCUT2D eigenvalue weighted by Gasteiger charge is -2.09. The van der Waals surface area contributed by atoms with Gasteiger partial charge in [0.1, 0.15) is 5.75 Å². The molecule has 7 nitrogen and oxygen atoms in total. The van der Waals surface area contributed by atoms with E-state index < -0.39 is 0 Å². The molecule has 0 atom stereocenters. The molecule has 0 spiro atoms. The quantitative estimate of drug-likeness (QED) is 0.723. The molecule has 2 heterocycles. The number of amides is 2. The van der Waals surface area contributed by atoms with Gasteiger partial charge in [-0.25, -0.2) is 14.5 Å². The highest BCUT2D eigenvalue weighted by atomic mass is 16.5. The molecule has 0 saturated heterocycles. The van der Waals surface area contributed by atoms with Crippen LogP contribution >= 0.6 is 0 Å². The normalized spacial score (nSPS) is 10.3. The number of hydrogen-bond donors (Lipinski definition) is 2. The third-order valence-electron chi connectivity index (χ3n) is 3.61. The summed E-state index contributed by atoms with van der Waals surface area (Å²) >= 11 is 0. The molecule has 0 aliphatic heterocycles. The topological polar surface area (TPSA) is 81.1 Å². The zero-order chi connectivity index (χ0) is 17.5. The molecule has 3 aromatic rings. The number of urea groups is 1. The Kier molecular flexibility index (Phi) is 5.26. The number of hydrogen-bond acceptors (Lipinski definition) is 4. The minimum Gasteiger partial charge on any atom is -0.497 e. The highest BCUT2D eigenvalue weighted by Crippen LogP contribution is 2.11. The van der Waals surface area contributed by atoms with Gasteiger partial charge in [-0.1, -0.05) is 12.1 Å². The lowest BCUT2D eigenvalue weighted by Crippen LogP contribution is -2.34. The summed E-state index contributed by atoms with van der Waals surface area (Å²) in [6, 6.07) is 12.9. The molecule has 0 fully saturated rings. The standard InChI is InChI=1S/C18H19N5O2/c1-25-16-5-3-14(4-6-16)12-20-18(24)21-13-15-7-9-19-17(11-15)23-10-2-8-22-23/h2-11H,12-13H2,1H3,(H2,20,21,24). The summed E-state index contributed by atoms with van der Waals surface area (Å²) in [6.45, 7) is 0.857. The number of aromatic nitrogens is 3. The average molecular weight is 337 g/mol. The van der Waals surface area contributed by atoms with Gasteiger partial charge in [-0.3, -0.25) is 0 Å². The SMILES string of the molecule is COc1ccc(CNC(=O)NCc2ccnc(-n3cccn3)c2)cc1. The largest absolute Gasteiger partial charge is 0.497 e. The molecule has 2 N–H and O–H groups in total. The Bertz CT molecular complexity index is 816. The molecular formula is C18H19N5O2. The highest BCUT2D eigenvalue weighted by Gasteiger charge is 2.03. The maximum atomic E-state index is 11.9. The Morgan fingerprint density at radius 1 is 1.08 bits per heavy atom. The first-order valence-corrected chi connectivity index (χ1v) is 7.84. The molecule has 1 aromatic carbocycles. The molecule has 0 radical (unpaired) electrons. The van der Waals surface area contributed by atoms with Gasteiger partial charge >= 0.3 is 6.03 Å². The fourth-order valence-electron chi connectivity index (χ4n) is 2.27. The fraction of sp³-hybridized carbons (Fsp3) is 0.167. The molecular weight excluding hydrogens is 318 g/mol. The van der Waals surface area contributed by atoms with Crippen LogP contribution in [0.25, 0.3) is 5.82 Å². The molecule has 2 amide bonds. The first-order valence-electron chi connectivity index (χ1n) is 7.84. The van der Waals surface area contributed by atoms with Gasteiger partial charge in [-0.05, 0) is 41.5 Å². The van der Waals surface area contributed by atoms with Gasteiger partial charge < -0.3 is 15.4 Å². The summed E-state index contributed by atoms with van der Waals surface area (Å²) in [7, 11) is 1.62. The predicted molar refractivity (Wildman–Crippen MR) is 93.4 cm³/mol. The van der Waals surface area contributed by atoms with Crippen LogP contribution in [0, 0.1) is 0 Å². The fourth-order valence-corrected chi connectivity index (χ4v) is 2.27. The van der Waals surface area contributed by atoms with E-state index >= 15 is 0 Å². The highest BCUT2D eigenvalue weighted by molar-refractivity contribution is 5.73. The van der Waals surface area contributed by atoms with Crippen LogP contribution in [0.4, 0.5) is 4.79 Å². The van der Waals surface area contributed by atoms with Crippen molar-refractivity contribution in [2.75, 3.05) is 7.11 Å². The van der Waals surface area contributed by atoms with Gasteiger partial charge in [0, 0.05) is 31.7 Å². The Hall–Kier alpha value is -3.35. The second kappa shape index (κ2) is 7.96. The molecule has 0 saturated carbocycles. The Morgan fingerprint density at radius 2 is 1.84 bits per heavy atom. The second-order valence-corrected chi connectivity index (χ2v) is 5.36. The second-order valence-electron chi connectivity index (χ2n) is 5.36. The minimum atomic E-state index is -0.228. The number of carbonyl (C=O) groups excluding carboxylic acids is 1. The number of benzene rings is 1. The molecule has 25 heavy (non-hydrogen) atoms. The smallest absolute Gasteiger partial charge is 0.315 e. The van der Waals surface area contributed by atoms with Crippen LogP contribution in [0.15, 0.2) is 61.1 Å². The van der Waals surface area contributed by atoms with E-state index in [0.29, 0.717) is 18.9 Å². The van der Waals surface area contributed by atoms with Crippen molar-refractivity contribution >= 4 is 6.03 Å². The van der Waals surface area contributed by atoms with Gasteiger partial charge in [0.2, 0.25) is 0 Å². The first-order chi connectivity index (χ1) is 12.2. The van der Waals surface area contributed by atoms with Crippen LogP contribution < -0.4 is 15.4 Å². The van der Waals surface area contributed by atoms with Crippen LogP contribution in [0.5, 0.6) is 5.75 Å². The van der Waals surface area contributed by atoms with E-state index in [2.05, 4.69) is 20.7 Å². The zero-order valence-corrected chi connectivity index (χ0v) is 13.8. The molecule has 0 aliphatic rings. The van der Waals surface area contributed by atoms with E-state index in [9.17, 15) is 4.79 Å². The molecule has 0 bridgehead atoms. The van der Waals surface area contributed by atoms with Crippen molar-refractivity contribution in [3.63, 3.8) is 0 Å². The molecule has 2 aromatic heterocycles. The zero-order valence-electron chi connectivity index (χ0n) is 13.8. The lowest BCUT2D eigenvalue weighted by atomic mass is 10.2. The van der Waals surface area contributed by atoms with Crippen molar-refractivity contribution in [3.05, 3.63) is 72.2 Å². The summed E-state index contributed by atoms with van der Waals surface area (Å²) in [5, 5.41) is 9.80. The first kappa shape index (κ1) is 16.5. The van der Waals surface area contributed by atoms with Gasteiger partial charge in [-0.2, -0.15) is 5.10 Å². The van der Waals surface area contributed by atoms with Crippen molar-refractivity contribution < 1.29 is 9.53 Å². The molecule has 0 unspecified atom stereocenters. The third-order valence-corrected chi connectivity index (χ3v) is 3.61. The summed E-state index contributed by atoms with van der Waals surface area (Å²) in [5.74, 6) is 1.50. The molecule has 3 rings (SSSR count). The number of pyridine rings is 1. The van der Waals surface area contributed by atoms with E-state index in [4.69, 9.17) is 4.74 Å². The maximum absolute atomic E-state index is 11.9. The van der Waals surface area contributed by atoms with Crippen molar-refractivity contribution in [1.29, 1.82) is 0 Å². The van der Waals surface area contributed by atoms with E-state index in [-0.39, 0.29) is 6.03 Å². The van der Waals surface area contributed by atoms with Crippen molar-refractivity contribution in [2.45, 2.75) is 13.1 Å². The summed E-state index contributed by atoms with van der Waals surface area (Å²) in [6.07, 6.45) is 5.21. The third kappa shape index (κ3) is 4.57. The number of methoxy groups -OCH3 is 1. The number of nitrogens with zero attached hydrogens (tertiary/aromatic N) is 3. The average Bonchev–Trinajstić information content (AvgIpc) is 3.20. The van der Waals surface area contributed by atoms with E-state index in [0.717, 1.165) is 16.9 Å². The van der Waals surface area contributed by atoms with Gasteiger partial charge in [0.05, 0.1) is 7.11 Å². The van der Waals surface area contributed by atoms with Crippen LogP contribution in [-0.4, -0.2) is 27.9 Å². The number of carbonyl (C=O) groups is 1. The molecule has 128 valence electrons. The van der Waals surface area contributed by atoms with Gasteiger partial charge in [0.25, 0.3) is 0 Å². The van der Waals surface area contributed by atoms with E-state index in [1.807, 2.05) is 48.7 Å². The van der Waals surface area contributed by atoms with Gasteiger partial charge in [-0.15, -0.1) is 0 Å². The maximum Gasteiger partial charge on any atom is 0.315 e. The summed E-state index contributed by atoms with van der Waals surface area (Å²) < 4.78 is 6.78. The van der Waals surface area contributed by atoms with Crippen LogP contribution in [0.2, 0.25) is 0 Å². The Balaban J connectivity index is 1.49. The van der Waals surface area contributed by atoms with Crippen LogP contribution in [0.1, 0.15) is 11.1 Å². The van der Waals surface area contributed by atoms with Crippen molar-refractivity contribution in [1.82, 2.24) is 25.4 Å². The summed E-state index contributed by atoms with van der Waals surface area (Å²) in [5.41, 5.74) is 1.95. The van der Waals surface area contributed by atoms with Crippen LogP contribution in [0.3, 0.4) is 0 Å². The van der Waals surface area contributed by atoms with Gasteiger partial charge in [0.15, 0.2) is 5.82 Å². The molecule has 0 aliphatic carbocycles. The predicted octanol–water partition coefficient (Wildman–Crippen LogP) is 2.28. The van der Waals surface area contributed by atoms with Crippen molar-refractivity contribution in [3.8, 4) is 11.6 Å². The number of nitrogens with one attached hydrogen (secondary N) is 2. The lowest BCUT2D eigenvalue weighted by molar-refractivity contribution is 0.240. The summed E-state index contributed by atoms with van der Waals surface area (Å²) in [4.78, 5) is 16.2. The monoisotopic (exact) mass is 337 g/mol. The van der Waals surface area contributed by atoms with Crippen molar-refractivity contribution in [2.24, 2.45) is 0 Å². The molecule has 7 heteroatoms. The Morgan fingerprint density at radius 3 is 2.52 bits per heavy atom. The number of rotatable bonds is 6. The van der Waals surface area contributed by atoms with E-state index in [1.54, 1.807) is 24.2 Å². The Labute approximate surface area is 145 Å². The number of ether oxygens (including phenoxy) is 1. The van der Waals surface area contributed by atoms with E-state index in [1.165, 1.54) is 0 Å².